The van der Waals surface area contributed by atoms with E-state index in [-0.39, 0.29) is 0 Å². The summed E-state index contributed by atoms with van der Waals surface area (Å²) in [6, 6.07) is 0. The van der Waals surface area contributed by atoms with E-state index in [1.807, 2.05) is 0 Å². The molecule has 0 bridgehead atoms. The number of rotatable bonds is 1. The topological polar surface area (TPSA) is 99.0 Å². The molecule has 1 heterocycles. The van der Waals surface area contributed by atoms with Crippen molar-refractivity contribution < 1.29 is 24.0 Å². The van der Waals surface area contributed by atoms with Gasteiger partial charge in [0.25, 0.3) is 0 Å². The van der Waals surface area contributed by atoms with Gasteiger partial charge >= 0.3 is 7.82 Å². The van der Waals surface area contributed by atoms with E-state index in [4.69, 9.17) is 16.0 Å². The summed E-state index contributed by atoms with van der Waals surface area (Å²) >= 11 is 0. The van der Waals surface area contributed by atoms with Crippen molar-refractivity contribution in [2.24, 2.45) is 0 Å². The molecule has 0 spiro atoms. The summed E-state index contributed by atoms with van der Waals surface area (Å²) in [5.41, 5.74) is 0. The van der Waals surface area contributed by atoms with Gasteiger partial charge in [-0.2, -0.15) is 0 Å². The van der Waals surface area contributed by atoms with Gasteiger partial charge in [0.1, 0.15) is 0 Å². The quantitative estimate of drug-likeness (QED) is 0.379. The van der Waals surface area contributed by atoms with Crippen LogP contribution in [0.3, 0.4) is 0 Å². The predicted molar refractivity (Wildman–Crippen MR) is 38.0 cm³/mol. The van der Waals surface area contributed by atoms with Crippen LogP contribution in [0.1, 0.15) is 0 Å². The summed E-state index contributed by atoms with van der Waals surface area (Å²) in [7, 11) is -4.48. The van der Waals surface area contributed by atoms with E-state index in [1.54, 1.807) is 0 Å². The highest BCUT2D eigenvalue weighted by Crippen LogP contribution is 2.25. The van der Waals surface area contributed by atoms with Crippen LogP contribution in [0.4, 0.5) is 0 Å². The number of morpholine rings is 1. The van der Waals surface area contributed by atoms with E-state index >= 15 is 0 Å². The molecule has 1 aliphatic heterocycles. The van der Waals surface area contributed by atoms with Crippen molar-refractivity contribution in [1.29, 1.82) is 1.43 Å². The van der Waals surface area contributed by atoms with Crippen LogP contribution in [-0.4, -0.2) is 42.4 Å². The Hall–Kier alpha value is 0.0300. The second-order valence-electron chi connectivity index (χ2n) is 1.85. The molecule has 0 amide bonds. The fraction of sp³-hybridized carbons (Fsp3) is 1.00. The second-order valence-corrected chi connectivity index (χ2v) is 2.83. The van der Waals surface area contributed by atoms with Crippen molar-refractivity contribution in [3.8, 4) is 0 Å². The van der Waals surface area contributed by atoms with Gasteiger partial charge in [0.15, 0.2) is 0 Å². The maximum absolute atomic E-state index is 9.28. The van der Waals surface area contributed by atoms with E-state index in [9.17, 15) is 4.57 Å². The summed E-state index contributed by atoms with van der Waals surface area (Å²) in [6.45, 7) is 3.83. The summed E-state index contributed by atoms with van der Waals surface area (Å²) in [5.74, 6) is 0. The van der Waals surface area contributed by atoms with Gasteiger partial charge in [-0.05, 0) is 0 Å². The Morgan fingerprint density at radius 1 is 1.45 bits per heavy atom. The zero-order chi connectivity index (χ0) is 9.45. The molecule has 1 saturated heterocycles. The van der Waals surface area contributed by atoms with Crippen molar-refractivity contribution in [3.05, 3.63) is 0 Å². The Kier molecular flexibility index (Phi) is 4.69. The van der Waals surface area contributed by atoms with Gasteiger partial charge in [-0.15, -0.1) is 0 Å². The lowest BCUT2D eigenvalue weighted by Crippen LogP contribution is -2.30. The third-order valence-electron chi connectivity index (χ3n) is 0.846. The van der Waals surface area contributed by atoms with Crippen LogP contribution in [-0.2, 0) is 9.30 Å². The standard InChI is InChI=1S/C4H9NO.H3O4P/c1-3-6-4-2-5-1;1-5(2,3)4/h5H,1-4H2;(H3,1,2,3,4)/i/hD. The van der Waals surface area contributed by atoms with Crippen LogP contribution >= 0.6 is 7.82 Å². The maximum atomic E-state index is 9.28. The molecule has 0 radical (unpaired) electrons. The summed E-state index contributed by atoms with van der Waals surface area (Å²) in [5, 5.41) is 3.16. The molecule has 0 aromatic heterocycles. The molecule has 1 aliphatic rings. The van der Waals surface area contributed by atoms with Crippen LogP contribution in [0.15, 0.2) is 0 Å². The molecule has 1 fully saturated rings. The largest absolute Gasteiger partial charge is 0.466 e. The first kappa shape index (κ1) is 9.12. The third-order valence-corrected chi connectivity index (χ3v) is 0.846. The molecule has 1 rings (SSSR count). The first-order valence-electron chi connectivity index (χ1n) is 3.46. The molecule has 0 unspecified atom stereocenters. The number of phosphoric acid groups is 1. The van der Waals surface area contributed by atoms with E-state index in [0.29, 0.717) is 0 Å². The van der Waals surface area contributed by atoms with E-state index in [2.05, 4.69) is 10.2 Å². The van der Waals surface area contributed by atoms with E-state index in [1.165, 1.54) is 0 Å². The Bertz CT molecular complexity index is 135. The highest BCUT2D eigenvalue weighted by Gasteiger charge is 2.00. The minimum absolute atomic E-state index is 0.889. The SMILES string of the molecule is C1COCCN1.[2H]OP(=O)(O)O. The molecule has 0 saturated carbocycles. The normalized spacial score (nSPS) is 19.6. The highest BCUT2D eigenvalue weighted by molar-refractivity contribution is 7.45. The number of hydrogen-bond acceptors (Lipinski definition) is 4. The van der Waals surface area contributed by atoms with Gasteiger partial charge in [-0.25, -0.2) is 4.57 Å². The molecule has 0 aromatic rings. The van der Waals surface area contributed by atoms with Gasteiger partial charge in [0.2, 0.25) is 1.43 Å². The fourth-order valence-corrected chi connectivity index (χ4v) is 0.516. The Balaban J connectivity index is 0.000000202. The molecule has 4 N–H and O–H groups in total. The minimum atomic E-state index is -4.48. The monoisotopic (exact) mass is 186 g/mol. The first-order valence-corrected chi connectivity index (χ1v) is 4.58. The number of ether oxygens (including phenoxy) is 1. The first-order chi connectivity index (χ1) is 5.56. The van der Waals surface area contributed by atoms with Crippen molar-refractivity contribution in [1.82, 2.24) is 5.32 Å². The Labute approximate surface area is 65.9 Å². The molecule has 0 atom stereocenters. The molecular weight excluding hydrogens is 173 g/mol. The summed E-state index contributed by atoms with van der Waals surface area (Å²) in [4.78, 5) is 17.9. The molecule has 0 aliphatic carbocycles. The maximum Gasteiger partial charge on any atom is 0.466 e. The van der Waals surface area contributed by atoms with Crippen molar-refractivity contribution in [3.63, 3.8) is 0 Å². The molecule has 6 nitrogen and oxygen atoms in total. The van der Waals surface area contributed by atoms with Crippen molar-refractivity contribution in [2.75, 3.05) is 26.3 Å². The van der Waals surface area contributed by atoms with Crippen LogP contribution < -0.4 is 5.32 Å². The zero-order valence-electron chi connectivity index (χ0n) is 6.89. The molecule has 0 aromatic carbocycles. The predicted octanol–water partition coefficient (Wildman–Crippen LogP) is -1.32. The average Bonchev–Trinajstić information content (AvgIpc) is 2.07. The van der Waals surface area contributed by atoms with Crippen molar-refractivity contribution >= 4 is 7.82 Å². The zero-order valence-corrected chi connectivity index (χ0v) is 6.79. The van der Waals surface area contributed by atoms with Gasteiger partial charge in [-0.1, -0.05) is 0 Å². The Morgan fingerprint density at radius 3 is 2.00 bits per heavy atom. The minimum Gasteiger partial charge on any atom is -0.379 e. The van der Waals surface area contributed by atoms with Crippen LogP contribution in [0.2, 0.25) is 0 Å². The van der Waals surface area contributed by atoms with Crippen LogP contribution in [0.25, 0.3) is 0 Å². The number of hydrogen-bond donors (Lipinski definition) is 4. The fourth-order valence-electron chi connectivity index (χ4n) is 0.516. The number of nitrogens with one attached hydrogen (secondary N) is 1. The lowest BCUT2D eigenvalue weighted by Gasteiger charge is -2.10. The van der Waals surface area contributed by atoms with Gasteiger partial charge < -0.3 is 24.7 Å². The lowest BCUT2D eigenvalue weighted by molar-refractivity contribution is 0.109. The molecule has 11 heavy (non-hydrogen) atoms. The highest BCUT2D eigenvalue weighted by atomic mass is 31.2. The molecule has 7 heteroatoms. The Morgan fingerprint density at radius 2 is 1.91 bits per heavy atom. The summed E-state index contributed by atoms with van der Waals surface area (Å²) < 4.78 is 19.9. The second kappa shape index (κ2) is 5.65. The van der Waals surface area contributed by atoms with E-state index in [0.717, 1.165) is 26.3 Å². The third kappa shape index (κ3) is 17.8. The summed E-state index contributed by atoms with van der Waals surface area (Å²) in [6.07, 6.45) is 0. The van der Waals surface area contributed by atoms with Gasteiger partial charge in [0.05, 0.1) is 13.2 Å². The molecular formula is C4H12NO5P. The van der Waals surface area contributed by atoms with Gasteiger partial charge in [0, 0.05) is 13.1 Å². The average molecular weight is 186 g/mol. The van der Waals surface area contributed by atoms with Crippen LogP contribution in [0.5, 0.6) is 0 Å². The smallest absolute Gasteiger partial charge is 0.379 e. The van der Waals surface area contributed by atoms with E-state index < -0.39 is 7.82 Å². The lowest BCUT2D eigenvalue weighted by atomic mass is 10.5. The van der Waals surface area contributed by atoms with Crippen LogP contribution in [0, 0.1) is 0 Å². The van der Waals surface area contributed by atoms with Crippen molar-refractivity contribution in [2.45, 2.75) is 0 Å². The molecule has 68 valence electrons. The van der Waals surface area contributed by atoms with Gasteiger partial charge in [-0.3, -0.25) is 0 Å².